The monoisotopic (exact) mass is 232 g/mol. The van der Waals surface area contributed by atoms with Crippen LogP contribution in [0.2, 0.25) is 0 Å². The molecule has 0 fully saturated rings. The van der Waals surface area contributed by atoms with Gasteiger partial charge >= 0.3 is 0 Å². The highest BCUT2D eigenvalue weighted by Gasteiger charge is 2.27. The van der Waals surface area contributed by atoms with E-state index in [1.54, 1.807) is 6.20 Å². The van der Waals surface area contributed by atoms with Crippen molar-refractivity contribution in [1.82, 2.24) is 14.5 Å². The van der Waals surface area contributed by atoms with Crippen LogP contribution in [0.25, 0.3) is 11.2 Å². The lowest BCUT2D eigenvalue weighted by Crippen LogP contribution is -2.29. The lowest BCUT2D eigenvalue weighted by Gasteiger charge is -2.26. The zero-order valence-electron chi connectivity index (χ0n) is 10.9. The van der Waals surface area contributed by atoms with Gasteiger partial charge in [-0.1, -0.05) is 20.8 Å². The van der Waals surface area contributed by atoms with Crippen LogP contribution in [-0.2, 0) is 6.54 Å². The number of fused-ring (bicyclic) bond motifs is 1. The van der Waals surface area contributed by atoms with Crippen LogP contribution in [0.3, 0.4) is 0 Å². The van der Waals surface area contributed by atoms with Crippen molar-refractivity contribution >= 4 is 11.2 Å². The maximum atomic E-state index is 6.30. The van der Waals surface area contributed by atoms with Gasteiger partial charge in [0.25, 0.3) is 0 Å². The Balaban J connectivity index is 2.61. The summed E-state index contributed by atoms with van der Waals surface area (Å²) in [6.07, 6.45) is 1.79. The topological polar surface area (TPSA) is 56.7 Å². The number of aromatic nitrogens is 3. The number of nitrogens with zero attached hydrogens (tertiary/aromatic N) is 3. The Morgan fingerprint density at radius 3 is 2.71 bits per heavy atom. The first-order valence-corrected chi connectivity index (χ1v) is 6.02. The number of nitrogens with two attached hydrogens (primary N) is 1. The van der Waals surface area contributed by atoms with Crippen molar-refractivity contribution in [1.29, 1.82) is 0 Å². The Bertz CT molecular complexity index is 522. The summed E-state index contributed by atoms with van der Waals surface area (Å²) in [4.78, 5) is 9.01. The molecular formula is C13H20N4. The van der Waals surface area contributed by atoms with Crippen LogP contribution in [0.1, 0.15) is 39.6 Å². The van der Waals surface area contributed by atoms with Gasteiger partial charge in [-0.25, -0.2) is 9.97 Å². The first-order chi connectivity index (χ1) is 7.95. The van der Waals surface area contributed by atoms with E-state index in [2.05, 4.69) is 42.2 Å². The highest BCUT2D eigenvalue weighted by molar-refractivity contribution is 5.71. The molecule has 0 saturated carbocycles. The molecule has 0 aliphatic heterocycles. The van der Waals surface area contributed by atoms with Crippen LogP contribution in [0, 0.1) is 5.41 Å². The molecule has 17 heavy (non-hydrogen) atoms. The van der Waals surface area contributed by atoms with Gasteiger partial charge in [0.1, 0.15) is 11.3 Å². The third-order valence-corrected chi connectivity index (χ3v) is 3.06. The maximum Gasteiger partial charge on any atom is 0.160 e. The number of hydrogen-bond acceptors (Lipinski definition) is 3. The predicted molar refractivity (Wildman–Crippen MR) is 69.6 cm³/mol. The SMILES string of the molecule is CCn1c(C(N)C(C)(C)C)nc2cccnc21. The van der Waals surface area contributed by atoms with Crippen molar-refractivity contribution in [3.63, 3.8) is 0 Å². The van der Waals surface area contributed by atoms with E-state index in [0.717, 1.165) is 23.5 Å². The molecule has 2 aromatic rings. The minimum Gasteiger partial charge on any atom is -0.321 e. The molecule has 1 atom stereocenters. The average molecular weight is 232 g/mol. The van der Waals surface area contributed by atoms with Gasteiger partial charge in [-0.3, -0.25) is 0 Å². The summed E-state index contributed by atoms with van der Waals surface area (Å²) in [5, 5.41) is 0. The molecule has 0 spiro atoms. The normalized spacial score (nSPS) is 14.2. The van der Waals surface area contributed by atoms with E-state index in [1.807, 2.05) is 12.1 Å². The van der Waals surface area contributed by atoms with E-state index in [-0.39, 0.29) is 11.5 Å². The van der Waals surface area contributed by atoms with Crippen molar-refractivity contribution < 1.29 is 0 Å². The number of rotatable bonds is 2. The van der Waals surface area contributed by atoms with Crippen molar-refractivity contribution in [2.75, 3.05) is 0 Å². The standard InChI is InChI=1S/C13H20N4/c1-5-17-11-9(7-6-8-15-11)16-12(17)10(14)13(2,3)4/h6-8,10H,5,14H2,1-4H3. The van der Waals surface area contributed by atoms with E-state index < -0.39 is 0 Å². The lowest BCUT2D eigenvalue weighted by atomic mass is 9.87. The van der Waals surface area contributed by atoms with Crippen LogP contribution in [0.4, 0.5) is 0 Å². The molecule has 0 aromatic carbocycles. The van der Waals surface area contributed by atoms with E-state index in [1.165, 1.54) is 0 Å². The van der Waals surface area contributed by atoms with Crippen LogP contribution in [-0.4, -0.2) is 14.5 Å². The van der Waals surface area contributed by atoms with Crippen molar-refractivity contribution in [2.24, 2.45) is 11.1 Å². The Labute approximate surface area is 102 Å². The molecule has 4 heteroatoms. The van der Waals surface area contributed by atoms with E-state index in [0.29, 0.717) is 0 Å². The molecule has 2 aromatic heterocycles. The summed E-state index contributed by atoms with van der Waals surface area (Å²) in [5.74, 6) is 0.925. The molecule has 0 radical (unpaired) electrons. The third-order valence-electron chi connectivity index (χ3n) is 3.06. The van der Waals surface area contributed by atoms with Crippen LogP contribution >= 0.6 is 0 Å². The summed E-state index contributed by atoms with van der Waals surface area (Å²) >= 11 is 0. The van der Waals surface area contributed by atoms with Crippen LogP contribution in [0.15, 0.2) is 18.3 Å². The fourth-order valence-electron chi connectivity index (χ4n) is 1.91. The zero-order chi connectivity index (χ0) is 12.6. The highest BCUT2D eigenvalue weighted by atomic mass is 15.1. The Kier molecular flexibility index (Phi) is 2.91. The number of hydrogen-bond donors (Lipinski definition) is 1. The van der Waals surface area contributed by atoms with E-state index in [4.69, 9.17) is 5.73 Å². The fourth-order valence-corrected chi connectivity index (χ4v) is 1.91. The molecule has 92 valence electrons. The molecule has 0 aliphatic rings. The van der Waals surface area contributed by atoms with Crippen molar-refractivity contribution in [3.8, 4) is 0 Å². The largest absolute Gasteiger partial charge is 0.321 e. The maximum absolute atomic E-state index is 6.30. The van der Waals surface area contributed by atoms with Gasteiger partial charge in [0, 0.05) is 12.7 Å². The molecule has 0 bridgehead atoms. The number of pyridine rings is 1. The van der Waals surface area contributed by atoms with Gasteiger partial charge in [-0.05, 0) is 24.5 Å². The van der Waals surface area contributed by atoms with E-state index in [9.17, 15) is 0 Å². The highest BCUT2D eigenvalue weighted by Crippen LogP contribution is 2.31. The Morgan fingerprint density at radius 2 is 2.12 bits per heavy atom. The van der Waals surface area contributed by atoms with Crippen molar-refractivity contribution in [3.05, 3.63) is 24.2 Å². The molecule has 2 heterocycles. The molecule has 2 N–H and O–H groups in total. The fraction of sp³-hybridized carbons (Fsp3) is 0.538. The van der Waals surface area contributed by atoms with E-state index >= 15 is 0 Å². The summed E-state index contributed by atoms with van der Waals surface area (Å²) in [6.45, 7) is 9.32. The van der Waals surface area contributed by atoms with Gasteiger partial charge in [0.15, 0.2) is 5.65 Å². The van der Waals surface area contributed by atoms with Crippen molar-refractivity contribution in [2.45, 2.75) is 40.3 Å². The second-order valence-electron chi connectivity index (χ2n) is 5.40. The minimum absolute atomic E-state index is 0.00566. The van der Waals surface area contributed by atoms with Gasteiger partial charge in [0.2, 0.25) is 0 Å². The number of imidazole rings is 1. The smallest absolute Gasteiger partial charge is 0.160 e. The molecule has 0 amide bonds. The van der Waals surface area contributed by atoms with Gasteiger partial charge in [-0.2, -0.15) is 0 Å². The minimum atomic E-state index is -0.0864. The Hall–Kier alpha value is -1.42. The zero-order valence-corrected chi connectivity index (χ0v) is 10.9. The predicted octanol–water partition coefficient (Wildman–Crippen LogP) is 2.50. The Morgan fingerprint density at radius 1 is 1.41 bits per heavy atom. The third kappa shape index (κ3) is 2.05. The summed E-state index contributed by atoms with van der Waals surface area (Å²) in [7, 11) is 0. The van der Waals surface area contributed by atoms with Crippen LogP contribution < -0.4 is 5.73 Å². The molecule has 0 aliphatic carbocycles. The second-order valence-corrected chi connectivity index (χ2v) is 5.40. The quantitative estimate of drug-likeness (QED) is 0.865. The lowest BCUT2D eigenvalue weighted by molar-refractivity contribution is 0.309. The average Bonchev–Trinajstić information content (AvgIpc) is 2.64. The molecule has 1 unspecified atom stereocenters. The molecule has 2 rings (SSSR count). The first kappa shape index (κ1) is 12.0. The molecular weight excluding hydrogens is 212 g/mol. The second kappa shape index (κ2) is 4.11. The first-order valence-electron chi connectivity index (χ1n) is 6.02. The van der Waals surface area contributed by atoms with Gasteiger partial charge in [-0.15, -0.1) is 0 Å². The molecule has 4 nitrogen and oxygen atoms in total. The van der Waals surface area contributed by atoms with Gasteiger partial charge < -0.3 is 10.3 Å². The molecule has 0 saturated heterocycles. The summed E-state index contributed by atoms with van der Waals surface area (Å²) < 4.78 is 2.10. The summed E-state index contributed by atoms with van der Waals surface area (Å²) in [5.41, 5.74) is 8.14. The summed E-state index contributed by atoms with van der Waals surface area (Å²) in [6, 6.07) is 3.80. The van der Waals surface area contributed by atoms with Crippen LogP contribution in [0.5, 0.6) is 0 Å². The van der Waals surface area contributed by atoms with Gasteiger partial charge in [0.05, 0.1) is 6.04 Å². The number of aryl methyl sites for hydroxylation is 1.